The van der Waals surface area contributed by atoms with Crippen LogP contribution in [0.25, 0.3) is 0 Å². The number of thiocarbonyl (C=S) groups is 1. The molecule has 0 fully saturated rings. The van der Waals surface area contributed by atoms with Crippen LogP contribution in [0.3, 0.4) is 0 Å². The van der Waals surface area contributed by atoms with E-state index in [0.29, 0.717) is 16.4 Å². The summed E-state index contributed by atoms with van der Waals surface area (Å²) in [6.45, 7) is 1.72. The standard InChI is InChI=1S/C22H26F3N7OS/c1-32(2)13-3-12-27-21(34)31-30-14-16-4-6-17(7-5-16)20(26)29-15-28-18-8-10-19(11-9-18)33-22(23,24)25/h4-11,14-15H,3,12-13H2,1-2H3,(H2,26,28,29)(H2,27,31,34)/p+1. The molecule has 0 radical (unpaired) electrons. The molecule has 0 aliphatic rings. The number of hydrogen-bond donors (Lipinski definition) is 4. The van der Waals surface area contributed by atoms with Crippen LogP contribution in [0.1, 0.15) is 17.5 Å². The molecule has 2 aromatic rings. The Bertz CT molecular complexity index is 991. The van der Waals surface area contributed by atoms with E-state index in [9.17, 15) is 13.2 Å². The number of ether oxygens (including phenoxy) is 1. The van der Waals surface area contributed by atoms with E-state index >= 15 is 0 Å². The Morgan fingerprint density at radius 2 is 1.82 bits per heavy atom. The lowest BCUT2D eigenvalue weighted by Crippen LogP contribution is -2.76. The SMILES string of the molecule is CN(C)CCCNC(=S)NN=Cc1ccc(C(=N)N=C[NH2+]c2ccc(OC(F)(F)F)cc2)cc1. The number of rotatable bonds is 10. The number of amidine groups is 1. The predicted molar refractivity (Wildman–Crippen MR) is 131 cm³/mol. The quantitative estimate of drug-likeness (QED) is 0.102. The van der Waals surface area contributed by atoms with Crippen LogP contribution < -0.4 is 20.8 Å². The molecule has 34 heavy (non-hydrogen) atoms. The minimum absolute atomic E-state index is 0.0398. The van der Waals surface area contributed by atoms with E-state index in [1.807, 2.05) is 14.1 Å². The first-order valence-electron chi connectivity index (χ1n) is 10.3. The van der Waals surface area contributed by atoms with Crippen molar-refractivity contribution in [3.8, 4) is 5.75 Å². The second kappa shape index (κ2) is 13.4. The van der Waals surface area contributed by atoms with E-state index in [4.69, 9.17) is 17.6 Å². The van der Waals surface area contributed by atoms with E-state index in [-0.39, 0.29) is 11.6 Å². The molecule has 2 aromatic carbocycles. The Kier molecular flexibility index (Phi) is 10.6. The molecular weight excluding hydrogens is 467 g/mol. The highest BCUT2D eigenvalue weighted by molar-refractivity contribution is 7.80. The maximum absolute atomic E-state index is 12.2. The van der Waals surface area contributed by atoms with Gasteiger partial charge in [-0.1, -0.05) is 24.3 Å². The Hall–Kier alpha value is -3.35. The lowest BCUT2D eigenvalue weighted by molar-refractivity contribution is -0.432. The fourth-order valence-electron chi connectivity index (χ4n) is 2.58. The molecule has 182 valence electrons. The molecule has 0 saturated carbocycles. The molecule has 0 unspecified atom stereocenters. The molecule has 8 nitrogen and oxygen atoms in total. The van der Waals surface area contributed by atoms with Gasteiger partial charge in [-0.2, -0.15) is 10.1 Å². The van der Waals surface area contributed by atoms with Crippen LogP contribution in [0.5, 0.6) is 5.75 Å². The van der Waals surface area contributed by atoms with Crippen molar-refractivity contribution in [1.29, 1.82) is 5.41 Å². The number of quaternary nitrogens is 1. The van der Waals surface area contributed by atoms with Gasteiger partial charge in [0.2, 0.25) is 0 Å². The maximum Gasteiger partial charge on any atom is 0.573 e. The van der Waals surface area contributed by atoms with Gasteiger partial charge in [-0.25, -0.2) is 0 Å². The highest BCUT2D eigenvalue weighted by Crippen LogP contribution is 2.22. The smallest absolute Gasteiger partial charge is 0.406 e. The van der Waals surface area contributed by atoms with Crippen molar-refractivity contribution < 1.29 is 23.2 Å². The van der Waals surface area contributed by atoms with Gasteiger partial charge in [0, 0.05) is 24.2 Å². The summed E-state index contributed by atoms with van der Waals surface area (Å²) in [5, 5.41) is 17.3. The average Bonchev–Trinajstić information content (AvgIpc) is 2.77. The Morgan fingerprint density at radius 1 is 1.15 bits per heavy atom. The minimum Gasteiger partial charge on any atom is -0.406 e. The van der Waals surface area contributed by atoms with Crippen molar-refractivity contribution in [3.63, 3.8) is 0 Å². The molecule has 2 rings (SSSR count). The third-order valence-electron chi connectivity index (χ3n) is 4.22. The topological polar surface area (TPSA) is 102 Å². The first-order chi connectivity index (χ1) is 16.1. The third kappa shape index (κ3) is 11.0. The van der Waals surface area contributed by atoms with Gasteiger partial charge in [-0.3, -0.25) is 16.2 Å². The van der Waals surface area contributed by atoms with E-state index < -0.39 is 6.36 Å². The fourth-order valence-corrected chi connectivity index (χ4v) is 2.74. The fraction of sp³-hybridized carbons (Fsp3) is 0.273. The molecule has 0 atom stereocenters. The molecular formula is C22H27F3N7OS+. The molecule has 0 heterocycles. The van der Waals surface area contributed by atoms with Gasteiger partial charge in [0.05, 0.1) is 6.21 Å². The van der Waals surface area contributed by atoms with Crippen molar-refractivity contribution in [1.82, 2.24) is 15.6 Å². The Labute approximate surface area is 201 Å². The number of nitrogens with zero attached hydrogens (tertiary/aromatic N) is 3. The molecule has 0 aromatic heterocycles. The summed E-state index contributed by atoms with van der Waals surface area (Å²) in [5.74, 6) is -0.260. The lowest BCUT2D eigenvalue weighted by atomic mass is 10.1. The molecule has 0 aliphatic heterocycles. The minimum atomic E-state index is -4.73. The Balaban J connectivity index is 1.77. The third-order valence-corrected chi connectivity index (χ3v) is 4.45. The zero-order valence-corrected chi connectivity index (χ0v) is 19.6. The summed E-state index contributed by atoms with van der Waals surface area (Å²) in [6.07, 6.45) is -0.733. The zero-order chi connectivity index (χ0) is 25.0. The lowest BCUT2D eigenvalue weighted by Gasteiger charge is -2.10. The van der Waals surface area contributed by atoms with Crippen molar-refractivity contribution in [2.24, 2.45) is 10.1 Å². The molecule has 0 bridgehead atoms. The summed E-state index contributed by atoms with van der Waals surface area (Å²) in [7, 11) is 4.03. The molecule has 0 saturated heterocycles. The number of benzene rings is 2. The van der Waals surface area contributed by atoms with Gasteiger partial charge in [-0.05, 0) is 57.0 Å². The highest BCUT2D eigenvalue weighted by Gasteiger charge is 2.31. The second-order valence-corrected chi connectivity index (χ2v) is 7.72. The van der Waals surface area contributed by atoms with Crippen LogP contribution >= 0.6 is 12.2 Å². The molecule has 5 N–H and O–H groups in total. The van der Waals surface area contributed by atoms with Crippen molar-refractivity contribution in [2.45, 2.75) is 12.8 Å². The van der Waals surface area contributed by atoms with Crippen LogP contribution in [0, 0.1) is 5.41 Å². The van der Waals surface area contributed by atoms with E-state index in [1.54, 1.807) is 35.8 Å². The van der Waals surface area contributed by atoms with Gasteiger partial charge < -0.3 is 15.0 Å². The number of aliphatic imine (C=N–C) groups is 1. The number of alkyl halides is 3. The summed E-state index contributed by atoms with van der Waals surface area (Å²) < 4.78 is 40.4. The summed E-state index contributed by atoms with van der Waals surface area (Å²) in [4.78, 5) is 6.15. The van der Waals surface area contributed by atoms with Gasteiger partial charge >= 0.3 is 6.36 Å². The Morgan fingerprint density at radius 3 is 2.44 bits per heavy atom. The van der Waals surface area contributed by atoms with E-state index in [0.717, 1.165) is 25.1 Å². The van der Waals surface area contributed by atoms with Gasteiger partial charge in [0.25, 0.3) is 0 Å². The van der Waals surface area contributed by atoms with Gasteiger partial charge in [0.1, 0.15) is 11.4 Å². The number of halogens is 3. The van der Waals surface area contributed by atoms with Crippen molar-refractivity contribution in [3.05, 3.63) is 59.7 Å². The van der Waals surface area contributed by atoms with Gasteiger partial charge in [0.15, 0.2) is 17.3 Å². The number of hydrogen-bond acceptors (Lipinski definition) is 5. The van der Waals surface area contributed by atoms with Crippen LogP contribution in [0.15, 0.2) is 58.6 Å². The largest absolute Gasteiger partial charge is 0.573 e. The molecule has 0 aliphatic carbocycles. The molecule has 12 heteroatoms. The predicted octanol–water partition coefficient (Wildman–Crippen LogP) is 2.58. The van der Waals surface area contributed by atoms with Crippen LogP contribution in [-0.4, -0.2) is 61.9 Å². The highest BCUT2D eigenvalue weighted by atomic mass is 32.1. The van der Waals surface area contributed by atoms with Crippen molar-refractivity contribution in [2.75, 3.05) is 27.2 Å². The zero-order valence-electron chi connectivity index (χ0n) is 18.8. The van der Waals surface area contributed by atoms with E-state index in [1.165, 1.54) is 30.6 Å². The maximum atomic E-state index is 12.2. The molecule has 0 spiro atoms. The van der Waals surface area contributed by atoms with Crippen LogP contribution in [0.2, 0.25) is 0 Å². The first-order valence-corrected chi connectivity index (χ1v) is 10.7. The summed E-state index contributed by atoms with van der Waals surface area (Å²) >= 11 is 5.16. The number of nitrogens with one attached hydrogen (secondary N) is 3. The summed E-state index contributed by atoms with van der Waals surface area (Å²) in [6, 6.07) is 12.4. The van der Waals surface area contributed by atoms with Gasteiger partial charge in [-0.15, -0.1) is 13.2 Å². The second-order valence-electron chi connectivity index (χ2n) is 7.32. The number of nitrogens with two attached hydrogens (primary N) is 1. The van der Waals surface area contributed by atoms with E-state index in [2.05, 4.69) is 30.5 Å². The molecule has 0 amide bonds. The number of hydrazone groups is 1. The average molecular weight is 495 g/mol. The first kappa shape index (κ1) is 26.9. The van der Waals surface area contributed by atoms with Crippen LogP contribution in [-0.2, 0) is 0 Å². The summed E-state index contributed by atoms with van der Waals surface area (Å²) in [5.41, 5.74) is 4.79. The van der Waals surface area contributed by atoms with Crippen LogP contribution in [0.4, 0.5) is 18.9 Å². The van der Waals surface area contributed by atoms with Crippen molar-refractivity contribution >= 4 is 41.4 Å². The normalized spacial score (nSPS) is 11.8. The monoisotopic (exact) mass is 494 g/mol.